The van der Waals surface area contributed by atoms with Gasteiger partial charge >= 0.3 is 0 Å². The molecule has 0 spiro atoms. The Hall–Kier alpha value is -3.75. The molecule has 1 saturated heterocycles. The number of fused-ring (bicyclic) bond motifs is 1. The van der Waals surface area contributed by atoms with Crippen LogP contribution in [0, 0.1) is 0 Å². The van der Waals surface area contributed by atoms with Crippen LogP contribution in [0.2, 0.25) is 0 Å². The fourth-order valence-corrected chi connectivity index (χ4v) is 4.75. The van der Waals surface area contributed by atoms with Crippen molar-refractivity contribution in [3.63, 3.8) is 0 Å². The molecule has 216 valence electrons. The van der Waals surface area contributed by atoms with Gasteiger partial charge in [-0.15, -0.1) is 0 Å². The standard InChI is InChI=1S/C27H30FNO11/c1-36-15-5-4-12(8-17(15)37-2)16-10-14(31)20-18(39-16)9-13(11-30)19(24(20)38-3)25-22(33)21(32)23(34)26(40-25)27(35)29-7-6-28/h4-5,8-10,21-23,25-26,30,32-34H,6-7,11H2,1-3H3,(H,29,35). The van der Waals surface area contributed by atoms with Gasteiger partial charge in [0.2, 0.25) is 0 Å². The highest BCUT2D eigenvalue weighted by atomic mass is 19.1. The molecule has 13 heteroatoms. The Kier molecular flexibility index (Phi) is 8.91. The molecule has 4 rings (SSSR count). The summed E-state index contributed by atoms with van der Waals surface area (Å²) in [5.41, 5.74) is 0.0373. The highest BCUT2D eigenvalue weighted by Crippen LogP contribution is 2.43. The Morgan fingerprint density at radius 2 is 1.73 bits per heavy atom. The summed E-state index contributed by atoms with van der Waals surface area (Å²) in [6, 6.07) is 7.50. The number of amides is 1. The van der Waals surface area contributed by atoms with Crippen LogP contribution in [-0.2, 0) is 16.1 Å². The Morgan fingerprint density at radius 3 is 2.35 bits per heavy atom. The molecule has 5 unspecified atom stereocenters. The summed E-state index contributed by atoms with van der Waals surface area (Å²) in [4.78, 5) is 25.9. The minimum atomic E-state index is -1.87. The topological polar surface area (TPSA) is 177 Å². The lowest BCUT2D eigenvalue weighted by Crippen LogP contribution is -2.59. The van der Waals surface area contributed by atoms with Gasteiger partial charge < -0.3 is 49.1 Å². The maximum absolute atomic E-state index is 13.4. The molecule has 1 aliphatic rings. The van der Waals surface area contributed by atoms with E-state index in [2.05, 4.69) is 5.32 Å². The summed E-state index contributed by atoms with van der Waals surface area (Å²) in [7, 11) is 4.19. The van der Waals surface area contributed by atoms with Crippen molar-refractivity contribution < 1.29 is 53.0 Å². The van der Waals surface area contributed by atoms with Crippen LogP contribution in [0.1, 0.15) is 17.2 Å². The zero-order valence-electron chi connectivity index (χ0n) is 21.9. The summed E-state index contributed by atoms with van der Waals surface area (Å²) < 4.78 is 40.4. The van der Waals surface area contributed by atoms with Crippen molar-refractivity contribution in [3.8, 4) is 28.6 Å². The smallest absolute Gasteiger partial charge is 0.252 e. The van der Waals surface area contributed by atoms with Crippen LogP contribution in [0.3, 0.4) is 0 Å². The average Bonchev–Trinajstić information content (AvgIpc) is 2.97. The number of aliphatic hydroxyl groups is 4. The predicted molar refractivity (Wildman–Crippen MR) is 138 cm³/mol. The lowest BCUT2D eigenvalue weighted by molar-refractivity contribution is -0.223. The highest BCUT2D eigenvalue weighted by molar-refractivity contribution is 5.88. The monoisotopic (exact) mass is 563 g/mol. The van der Waals surface area contributed by atoms with E-state index in [4.69, 9.17) is 23.4 Å². The SMILES string of the molecule is COc1ccc(-c2cc(=O)c3c(OC)c(C4OC(C(=O)NCCF)C(O)C(O)C4O)c(CO)cc3o2)cc1OC. The average molecular weight is 564 g/mol. The molecule has 3 aromatic rings. The highest BCUT2D eigenvalue weighted by Gasteiger charge is 2.48. The first-order valence-corrected chi connectivity index (χ1v) is 12.2. The van der Waals surface area contributed by atoms with Crippen molar-refractivity contribution in [2.45, 2.75) is 37.1 Å². The number of hydrogen-bond donors (Lipinski definition) is 5. The summed E-state index contributed by atoms with van der Waals surface area (Å²) in [6.07, 6.45) is -8.74. The third kappa shape index (κ3) is 5.21. The fraction of sp³-hybridized carbons (Fsp3) is 0.407. The number of carbonyl (C=O) groups excluding carboxylic acids is 1. The minimum Gasteiger partial charge on any atom is -0.495 e. The number of nitrogens with one attached hydrogen (secondary N) is 1. The molecule has 0 aliphatic carbocycles. The second-order valence-corrected chi connectivity index (χ2v) is 8.99. The molecule has 1 amide bonds. The van der Waals surface area contributed by atoms with Gasteiger partial charge in [0.1, 0.15) is 53.6 Å². The van der Waals surface area contributed by atoms with E-state index < -0.39 is 55.1 Å². The molecule has 5 N–H and O–H groups in total. The number of ether oxygens (including phenoxy) is 4. The first-order valence-electron chi connectivity index (χ1n) is 12.2. The lowest BCUT2D eigenvalue weighted by atomic mass is 9.87. The number of hydrogen-bond acceptors (Lipinski definition) is 11. The molecule has 12 nitrogen and oxygen atoms in total. The molecule has 2 heterocycles. The van der Waals surface area contributed by atoms with Gasteiger partial charge in [-0.1, -0.05) is 0 Å². The Labute approximate surface area is 227 Å². The Morgan fingerprint density at radius 1 is 1.00 bits per heavy atom. The maximum Gasteiger partial charge on any atom is 0.252 e. The normalized spacial score (nSPS) is 22.6. The van der Waals surface area contributed by atoms with Crippen LogP contribution in [0.5, 0.6) is 17.2 Å². The number of methoxy groups -OCH3 is 3. The van der Waals surface area contributed by atoms with Crippen molar-refractivity contribution >= 4 is 16.9 Å². The predicted octanol–water partition coefficient (Wildman–Crippen LogP) is 0.586. The summed E-state index contributed by atoms with van der Waals surface area (Å²) >= 11 is 0. The van der Waals surface area contributed by atoms with Gasteiger partial charge in [0.25, 0.3) is 5.91 Å². The summed E-state index contributed by atoms with van der Waals surface area (Å²) in [5.74, 6) is -0.0104. The summed E-state index contributed by atoms with van der Waals surface area (Å²) in [6.45, 7) is -1.88. The number of alkyl halides is 1. The molecule has 0 saturated carbocycles. The van der Waals surface area contributed by atoms with Crippen LogP contribution >= 0.6 is 0 Å². The number of rotatable bonds is 9. The van der Waals surface area contributed by atoms with Crippen LogP contribution in [0.4, 0.5) is 4.39 Å². The first-order chi connectivity index (χ1) is 19.2. The third-order valence-electron chi connectivity index (χ3n) is 6.69. The zero-order valence-corrected chi connectivity index (χ0v) is 21.9. The maximum atomic E-state index is 13.4. The van der Waals surface area contributed by atoms with Crippen molar-refractivity contribution in [2.24, 2.45) is 0 Å². The van der Waals surface area contributed by atoms with E-state index >= 15 is 0 Å². The van der Waals surface area contributed by atoms with E-state index in [1.54, 1.807) is 18.2 Å². The molecule has 1 aromatic heterocycles. The molecule has 0 bridgehead atoms. The Balaban J connectivity index is 1.86. The molecule has 1 aliphatic heterocycles. The van der Waals surface area contributed by atoms with Gasteiger partial charge in [0.15, 0.2) is 23.0 Å². The van der Waals surface area contributed by atoms with Gasteiger partial charge in [-0.25, -0.2) is 4.39 Å². The molecule has 0 radical (unpaired) electrons. The van der Waals surface area contributed by atoms with Gasteiger partial charge in [-0.05, 0) is 29.8 Å². The van der Waals surface area contributed by atoms with E-state index in [1.807, 2.05) is 0 Å². The molecule has 5 atom stereocenters. The van der Waals surface area contributed by atoms with Crippen molar-refractivity contribution in [2.75, 3.05) is 34.5 Å². The van der Waals surface area contributed by atoms with E-state index in [-0.39, 0.29) is 40.2 Å². The van der Waals surface area contributed by atoms with Crippen LogP contribution in [0.25, 0.3) is 22.3 Å². The van der Waals surface area contributed by atoms with E-state index in [9.17, 15) is 34.4 Å². The fourth-order valence-electron chi connectivity index (χ4n) is 4.75. The van der Waals surface area contributed by atoms with Gasteiger partial charge in [0.05, 0.1) is 27.9 Å². The van der Waals surface area contributed by atoms with E-state index in [1.165, 1.54) is 33.5 Å². The van der Waals surface area contributed by atoms with Crippen molar-refractivity contribution in [1.82, 2.24) is 5.32 Å². The van der Waals surface area contributed by atoms with Gasteiger partial charge in [-0.2, -0.15) is 0 Å². The second-order valence-electron chi connectivity index (χ2n) is 8.99. The first kappa shape index (κ1) is 29.2. The summed E-state index contributed by atoms with van der Waals surface area (Å²) in [5, 5.41) is 44.1. The largest absolute Gasteiger partial charge is 0.495 e. The van der Waals surface area contributed by atoms with E-state index in [0.29, 0.717) is 17.1 Å². The second kappa shape index (κ2) is 12.2. The quantitative estimate of drug-likeness (QED) is 0.246. The van der Waals surface area contributed by atoms with Crippen molar-refractivity contribution in [1.29, 1.82) is 0 Å². The Bertz CT molecular complexity index is 1440. The van der Waals surface area contributed by atoms with E-state index in [0.717, 1.165) is 0 Å². The minimum absolute atomic E-state index is 0.0325. The van der Waals surface area contributed by atoms with Crippen LogP contribution < -0.4 is 25.0 Å². The lowest BCUT2D eigenvalue weighted by Gasteiger charge is -2.41. The molecule has 40 heavy (non-hydrogen) atoms. The number of benzene rings is 2. The van der Waals surface area contributed by atoms with Gasteiger partial charge in [-0.3, -0.25) is 9.59 Å². The van der Waals surface area contributed by atoms with Crippen LogP contribution in [-0.4, -0.2) is 85.3 Å². The van der Waals surface area contributed by atoms with Gasteiger partial charge in [0, 0.05) is 23.7 Å². The third-order valence-corrected chi connectivity index (χ3v) is 6.69. The molecular weight excluding hydrogens is 533 g/mol. The number of halogens is 1. The van der Waals surface area contributed by atoms with Crippen LogP contribution in [0.15, 0.2) is 39.5 Å². The molecular formula is C27H30FNO11. The number of carbonyl (C=O) groups is 1. The number of aliphatic hydroxyl groups excluding tert-OH is 4. The molecule has 2 aromatic carbocycles. The van der Waals surface area contributed by atoms with Crippen molar-refractivity contribution in [3.05, 3.63) is 51.7 Å². The molecule has 1 fully saturated rings. The zero-order chi connectivity index (χ0) is 29.1.